The van der Waals surface area contributed by atoms with Crippen molar-refractivity contribution >= 4 is 11.1 Å². The minimum absolute atomic E-state index is 1.16. The van der Waals surface area contributed by atoms with Crippen LogP contribution in [0.15, 0.2) is 158 Å². The average Bonchev–Trinajstić information content (AvgIpc) is 3.02. The largest absolute Gasteiger partial charge is 0.265 e. The van der Waals surface area contributed by atoms with E-state index in [4.69, 9.17) is 0 Å². The highest BCUT2D eigenvalue weighted by Crippen LogP contribution is 2.38. The quantitative estimate of drug-likeness (QED) is 0.220. The van der Waals surface area contributed by atoms with Crippen LogP contribution < -0.4 is 0 Å². The maximum atomic E-state index is 4.16. The minimum Gasteiger partial charge on any atom is -0.265 e. The molecule has 0 aliphatic carbocycles. The van der Waals surface area contributed by atoms with Crippen LogP contribution in [0.25, 0.3) is 33.4 Å². The van der Waals surface area contributed by atoms with Crippen molar-refractivity contribution in [3.63, 3.8) is 0 Å². The molecule has 2 aromatic heterocycles. The van der Waals surface area contributed by atoms with Gasteiger partial charge in [0.05, 0.1) is 0 Å². The molecule has 0 aliphatic rings. The Morgan fingerprint density at radius 1 is 0.289 bits per heavy atom. The predicted octanol–water partition coefficient (Wildman–Crippen LogP) is 8.82. The summed E-state index contributed by atoms with van der Waals surface area (Å²) in [6.07, 6.45) is 7.34. The van der Waals surface area contributed by atoms with E-state index in [1.165, 1.54) is 44.5 Å². The number of aromatic nitrogens is 2. The van der Waals surface area contributed by atoms with Crippen LogP contribution in [0, 0.1) is 0 Å². The highest BCUT2D eigenvalue weighted by Gasteiger charge is 2.16. The molecule has 0 amide bonds. The van der Waals surface area contributed by atoms with Gasteiger partial charge in [-0.2, -0.15) is 0 Å². The maximum Gasteiger partial charge on any atom is 0.0273 e. The molecule has 0 saturated heterocycles. The predicted molar refractivity (Wildman–Crippen MR) is 157 cm³/mol. The summed E-state index contributed by atoms with van der Waals surface area (Å²) in [5.74, 6) is 0. The zero-order valence-corrected chi connectivity index (χ0v) is 20.9. The molecule has 0 radical (unpaired) electrons. The van der Waals surface area contributed by atoms with Crippen LogP contribution in [-0.2, 0) is 0 Å². The summed E-state index contributed by atoms with van der Waals surface area (Å²) in [6.45, 7) is 0. The first-order valence-corrected chi connectivity index (χ1v) is 12.7. The number of hydrogen-bond donors (Lipinski definition) is 0. The Morgan fingerprint density at radius 3 is 0.921 bits per heavy atom. The molecule has 180 valence electrons. The molecule has 38 heavy (non-hydrogen) atoms. The van der Waals surface area contributed by atoms with E-state index in [1.807, 2.05) is 49.1 Å². The van der Waals surface area contributed by atoms with E-state index in [0.717, 1.165) is 11.1 Å². The molecule has 6 rings (SSSR count). The van der Waals surface area contributed by atoms with E-state index >= 15 is 0 Å². The Balaban J connectivity index is 1.56. The summed E-state index contributed by atoms with van der Waals surface area (Å²) in [4.78, 5) is 8.33. The summed E-state index contributed by atoms with van der Waals surface area (Å²) < 4.78 is 0. The van der Waals surface area contributed by atoms with Crippen molar-refractivity contribution in [2.45, 2.75) is 0 Å². The second-order valence-corrected chi connectivity index (χ2v) is 9.11. The van der Waals surface area contributed by atoms with Crippen molar-refractivity contribution in [2.24, 2.45) is 0 Å². The molecule has 0 bridgehead atoms. The molecule has 0 fully saturated rings. The smallest absolute Gasteiger partial charge is 0.0273 e. The van der Waals surface area contributed by atoms with Crippen molar-refractivity contribution < 1.29 is 0 Å². The molecule has 2 heteroatoms. The molecule has 2 nitrogen and oxygen atoms in total. The van der Waals surface area contributed by atoms with Gasteiger partial charge in [-0.15, -0.1) is 0 Å². The van der Waals surface area contributed by atoms with Crippen LogP contribution in [0.2, 0.25) is 0 Å². The van der Waals surface area contributed by atoms with Gasteiger partial charge in [0.25, 0.3) is 0 Å². The Kier molecular flexibility index (Phi) is 6.69. The van der Waals surface area contributed by atoms with Gasteiger partial charge in [0, 0.05) is 24.8 Å². The third-order valence-electron chi connectivity index (χ3n) is 6.75. The van der Waals surface area contributed by atoms with Gasteiger partial charge >= 0.3 is 0 Å². The average molecular weight is 487 g/mol. The fourth-order valence-electron chi connectivity index (χ4n) is 4.87. The maximum absolute atomic E-state index is 4.16. The summed E-state index contributed by atoms with van der Waals surface area (Å²) in [5.41, 5.74) is 11.8. The standard InChI is InChI=1S/C36H26N2/c1-3-7-31(8-4-1)35(32-9-5-2-6-10-32)36(33-15-11-27(12-16-33)29-19-23-37-24-20-29)34-17-13-28(14-18-34)30-21-25-38-26-22-30/h1-26H. The Morgan fingerprint density at radius 2 is 0.579 bits per heavy atom. The molecule has 0 aliphatic heterocycles. The molecule has 4 aromatic carbocycles. The lowest BCUT2D eigenvalue weighted by molar-refractivity contribution is 1.33. The summed E-state index contributed by atoms with van der Waals surface area (Å²) in [7, 11) is 0. The molecule has 0 spiro atoms. The Hall–Kier alpha value is -5.08. The van der Waals surface area contributed by atoms with E-state index in [9.17, 15) is 0 Å². The van der Waals surface area contributed by atoms with Crippen molar-refractivity contribution in [1.29, 1.82) is 0 Å². The highest BCUT2D eigenvalue weighted by atomic mass is 14.6. The minimum atomic E-state index is 1.16. The molecule has 0 N–H and O–H groups in total. The first-order valence-electron chi connectivity index (χ1n) is 12.7. The Bertz CT molecular complexity index is 1510. The van der Waals surface area contributed by atoms with E-state index in [2.05, 4.69) is 119 Å². The van der Waals surface area contributed by atoms with Crippen LogP contribution in [0.4, 0.5) is 0 Å². The molecular weight excluding hydrogens is 460 g/mol. The van der Waals surface area contributed by atoms with Gasteiger partial charge in [-0.1, -0.05) is 109 Å². The van der Waals surface area contributed by atoms with Crippen LogP contribution >= 0.6 is 0 Å². The van der Waals surface area contributed by atoms with Crippen molar-refractivity contribution in [2.75, 3.05) is 0 Å². The molecule has 0 atom stereocenters. The number of hydrogen-bond acceptors (Lipinski definition) is 2. The van der Waals surface area contributed by atoms with Gasteiger partial charge in [0.2, 0.25) is 0 Å². The van der Waals surface area contributed by atoms with Gasteiger partial charge in [-0.25, -0.2) is 0 Å². The SMILES string of the molecule is c1ccc(C(=C(c2ccc(-c3ccncc3)cc2)c2ccc(-c3ccncc3)cc2)c2ccccc2)cc1. The molecule has 0 saturated carbocycles. The van der Waals surface area contributed by atoms with Crippen molar-refractivity contribution in [3.05, 3.63) is 181 Å². The van der Waals surface area contributed by atoms with Crippen LogP contribution in [0.1, 0.15) is 22.3 Å². The number of pyridine rings is 2. The van der Waals surface area contributed by atoms with Gasteiger partial charge in [0.1, 0.15) is 0 Å². The third kappa shape index (κ3) is 4.93. The van der Waals surface area contributed by atoms with Gasteiger partial charge in [-0.05, 0) is 79.9 Å². The number of benzene rings is 4. The van der Waals surface area contributed by atoms with Gasteiger partial charge < -0.3 is 0 Å². The van der Waals surface area contributed by atoms with E-state index in [0.29, 0.717) is 0 Å². The monoisotopic (exact) mass is 486 g/mol. The number of rotatable bonds is 6. The topological polar surface area (TPSA) is 25.8 Å². The normalized spacial score (nSPS) is 10.6. The molecule has 6 aromatic rings. The van der Waals surface area contributed by atoms with Gasteiger partial charge in [0.15, 0.2) is 0 Å². The first kappa shape index (κ1) is 23.3. The van der Waals surface area contributed by atoms with E-state index < -0.39 is 0 Å². The second-order valence-electron chi connectivity index (χ2n) is 9.11. The fourth-order valence-corrected chi connectivity index (χ4v) is 4.87. The third-order valence-corrected chi connectivity index (χ3v) is 6.75. The van der Waals surface area contributed by atoms with Crippen LogP contribution in [0.5, 0.6) is 0 Å². The van der Waals surface area contributed by atoms with E-state index in [-0.39, 0.29) is 0 Å². The lowest BCUT2D eigenvalue weighted by Crippen LogP contribution is -1.98. The second kappa shape index (κ2) is 10.9. The van der Waals surface area contributed by atoms with Crippen molar-refractivity contribution in [1.82, 2.24) is 9.97 Å². The van der Waals surface area contributed by atoms with Crippen LogP contribution in [-0.4, -0.2) is 9.97 Å². The Labute approximate surface area is 223 Å². The summed E-state index contributed by atoms with van der Waals surface area (Å²) in [5, 5.41) is 0. The van der Waals surface area contributed by atoms with Gasteiger partial charge in [-0.3, -0.25) is 9.97 Å². The zero-order chi connectivity index (χ0) is 25.6. The molecular formula is C36H26N2. The molecule has 2 heterocycles. The zero-order valence-electron chi connectivity index (χ0n) is 20.9. The highest BCUT2D eigenvalue weighted by molar-refractivity contribution is 6.04. The fraction of sp³-hybridized carbons (Fsp3) is 0. The lowest BCUT2D eigenvalue weighted by Gasteiger charge is -2.19. The molecule has 0 unspecified atom stereocenters. The summed E-state index contributed by atoms with van der Waals surface area (Å²) >= 11 is 0. The van der Waals surface area contributed by atoms with Crippen molar-refractivity contribution in [3.8, 4) is 22.3 Å². The number of nitrogens with zero attached hydrogens (tertiary/aromatic N) is 2. The first-order chi connectivity index (χ1) is 18.9. The van der Waals surface area contributed by atoms with E-state index in [1.54, 1.807) is 0 Å². The van der Waals surface area contributed by atoms with Crippen LogP contribution in [0.3, 0.4) is 0 Å². The lowest BCUT2D eigenvalue weighted by atomic mass is 9.85. The summed E-state index contributed by atoms with van der Waals surface area (Å²) in [6, 6.07) is 47.2.